The van der Waals surface area contributed by atoms with Crippen molar-refractivity contribution >= 4 is 0 Å². The van der Waals surface area contributed by atoms with Crippen molar-refractivity contribution in [3.05, 3.63) is 17.5 Å². The minimum absolute atomic E-state index is 0.333. The molecule has 0 N–H and O–H groups in total. The lowest BCUT2D eigenvalue weighted by Crippen LogP contribution is -2.14. The van der Waals surface area contributed by atoms with Crippen LogP contribution in [0.4, 0.5) is 13.2 Å². The molecule has 1 heterocycles. The van der Waals surface area contributed by atoms with Crippen LogP contribution in [0.25, 0.3) is 0 Å². The Morgan fingerprint density at radius 1 is 1.43 bits per heavy atom. The lowest BCUT2D eigenvalue weighted by Gasteiger charge is -2.09. The molecule has 1 aromatic rings. The first kappa shape index (κ1) is 11.1. The number of hydrogen-bond acceptors (Lipinski definition) is 1. The molecule has 0 aliphatic heterocycles. The number of halogens is 3. The van der Waals surface area contributed by atoms with Gasteiger partial charge in [0.1, 0.15) is 5.69 Å². The first-order valence-electron chi connectivity index (χ1n) is 4.56. The van der Waals surface area contributed by atoms with Gasteiger partial charge in [-0.3, -0.25) is 4.68 Å². The molecular weight excluding hydrogens is 193 g/mol. The van der Waals surface area contributed by atoms with Gasteiger partial charge in [-0.15, -0.1) is 0 Å². The number of rotatable bonds is 3. The van der Waals surface area contributed by atoms with E-state index in [9.17, 15) is 13.2 Å². The van der Waals surface area contributed by atoms with E-state index < -0.39 is 11.9 Å². The summed E-state index contributed by atoms with van der Waals surface area (Å²) in [5, 5.41) is 3.81. The number of aryl methyl sites for hydroxylation is 2. The molecule has 0 aliphatic carbocycles. The molecule has 0 aromatic carbocycles. The van der Waals surface area contributed by atoms with Crippen molar-refractivity contribution in [2.45, 2.75) is 39.4 Å². The highest BCUT2D eigenvalue weighted by Crippen LogP contribution is 2.29. The second kappa shape index (κ2) is 4.02. The van der Waals surface area contributed by atoms with E-state index in [0.29, 0.717) is 18.7 Å². The van der Waals surface area contributed by atoms with Crippen molar-refractivity contribution in [2.24, 2.45) is 0 Å². The predicted octanol–water partition coefficient (Wildman–Crippen LogP) is 3.01. The van der Waals surface area contributed by atoms with Crippen molar-refractivity contribution in [2.75, 3.05) is 0 Å². The highest BCUT2D eigenvalue weighted by atomic mass is 19.4. The molecule has 14 heavy (non-hydrogen) atoms. The summed E-state index contributed by atoms with van der Waals surface area (Å²) in [6.45, 7) is 3.83. The van der Waals surface area contributed by atoms with Crippen LogP contribution >= 0.6 is 0 Å². The molecule has 0 bridgehead atoms. The van der Waals surface area contributed by atoms with E-state index in [0.717, 1.165) is 17.2 Å². The predicted molar refractivity (Wildman–Crippen MR) is 46.9 cm³/mol. The van der Waals surface area contributed by atoms with Crippen LogP contribution in [-0.4, -0.2) is 9.78 Å². The molecule has 1 aromatic heterocycles. The molecule has 0 unspecified atom stereocenters. The molecule has 0 saturated heterocycles. The smallest absolute Gasteiger partial charge is 0.260 e. The van der Waals surface area contributed by atoms with Crippen LogP contribution in [0.1, 0.15) is 31.2 Å². The molecule has 1 rings (SSSR count). The van der Waals surface area contributed by atoms with Gasteiger partial charge in [-0.2, -0.15) is 18.3 Å². The number of hydrogen-bond donors (Lipinski definition) is 0. The zero-order chi connectivity index (χ0) is 10.8. The molecule has 80 valence electrons. The topological polar surface area (TPSA) is 17.8 Å². The van der Waals surface area contributed by atoms with Crippen LogP contribution in [0, 0.1) is 6.92 Å². The molecule has 0 aliphatic rings. The van der Waals surface area contributed by atoms with Gasteiger partial charge in [0, 0.05) is 6.54 Å². The molecule has 0 spiro atoms. The van der Waals surface area contributed by atoms with Crippen LogP contribution in [0.2, 0.25) is 0 Å². The zero-order valence-corrected chi connectivity index (χ0v) is 8.23. The minimum Gasteiger partial charge on any atom is -0.260 e. The number of nitrogens with zero attached hydrogens (tertiary/aromatic N) is 2. The van der Waals surface area contributed by atoms with Gasteiger partial charge in [0.15, 0.2) is 0 Å². The van der Waals surface area contributed by atoms with Crippen LogP contribution in [0.15, 0.2) is 6.07 Å². The fourth-order valence-corrected chi connectivity index (χ4v) is 1.25. The van der Waals surface area contributed by atoms with Crippen molar-refractivity contribution < 1.29 is 13.2 Å². The Morgan fingerprint density at radius 3 is 2.57 bits per heavy atom. The van der Waals surface area contributed by atoms with Crippen LogP contribution in [0.3, 0.4) is 0 Å². The van der Waals surface area contributed by atoms with Gasteiger partial charge in [0.25, 0.3) is 0 Å². The lowest BCUT2D eigenvalue weighted by atomic mass is 10.3. The van der Waals surface area contributed by atoms with Gasteiger partial charge < -0.3 is 0 Å². The SMILES string of the molecule is CCCCn1nc(C)cc1C(F)(F)F. The van der Waals surface area contributed by atoms with Crippen LogP contribution < -0.4 is 0 Å². The largest absolute Gasteiger partial charge is 0.433 e. The van der Waals surface area contributed by atoms with Gasteiger partial charge in [0.05, 0.1) is 5.69 Å². The third-order valence-electron chi connectivity index (χ3n) is 1.92. The Morgan fingerprint density at radius 2 is 2.07 bits per heavy atom. The monoisotopic (exact) mass is 206 g/mol. The van der Waals surface area contributed by atoms with Gasteiger partial charge in [-0.25, -0.2) is 0 Å². The third kappa shape index (κ3) is 2.49. The molecule has 0 atom stereocenters. The summed E-state index contributed by atoms with van der Waals surface area (Å²) < 4.78 is 38.3. The Kier molecular flexibility index (Phi) is 3.18. The average molecular weight is 206 g/mol. The Hall–Kier alpha value is -1.00. The number of aromatic nitrogens is 2. The highest BCUT2D eigenvalue weighted by molar-refractivity contribution is 5.12. The van der Waals surface area contributed by atoms with Gasteiger partial charge >= 0.3 is 6.18 Å². The molecule has 0 amide bonds. The molecule has 5 heteroatoms. The normalized spacial score (nSPS) is 12.1. The average Bonchev–Trinajstić information content (AvgIpc) is 2.42. The number of alkyl halides is 3. The molecular formula is C9H13F3N2. The van der Waals surface area contributed by atoms with Crippen LogP contribution in [-0.2, 0) is 12.7 Å². The first-order chi connectivity index (χ1) is 6.45. The summed E-state index contributed by atoms with van der Waals surface area (Å²) in [6, 6.07) is 1.08. The van der Waals surface area contributed by atoms with E-state index in [4.69, 9.17) is 0 Å². The Balaban J connectivity index is 2.91. The van der Waals surface area contributed by atoms with E-state index >= 15 is 0 Å². The Labute approximate surface area is 80.7 Å². The summed E-state index contributed by atoms with van der Waals surface area (Å²) >= 11 is 0. The second-order valence-electron chi connectivity index (χ2n) is 3.25. The van der Waals surface area contributed by atoms with E-state index in [1.54, 1.807) is 6.92 Å². The molecule has 0 radical (unpaired) electrons. The quantitative estimate of drug-likeness (QED) is 0.743. The molecule has 2 nitrogen and oxygen atoms in total. The molecule has 0 saturated carbocycles. The maximum absolute atomic E-state index is 12.4. The van der Waals surface area contributed by atoms with E-state index in [1.165, 1.54) is 0 Å². The fraction of sp³-hybridized carbons (Fsp3) is 0.667. The summed E-state index contributed by atoms with van der Waals surface area (Å²) in [6.07, 6.45) is -2.73. The fourth-order valence-electron chi connectivity index (χ4n) is 1.25. The number of unbranched alkanes of at least 4 members (excludes halogenated alkanes) is 1. The van der Waals surface area contributed by atoms with Gasteiger partial charge in [-0.05, 0) is 19.4 Å². The highest BCUT2D eigenvalue weighted by Gasteiger charge is 2.35. The summed E-state index contributed by atoms with van der Waals surface area (Å²) in [7, 11) is 0. The van der Waals surface area contributed by atoms with Crippen LogP contribution in [0.5, 0.6) is 0 Å². The third-order valence-corrected chi connectivity index (χ3v) is 1.92. The summed E-state index contributed by atoms with van der Waals surface area (Å²) in [4.78, 5) is 0. The van der Waals surface area contributed by atoms with Crippen molar-refractivity contribution in [1.29, 1.82) is 0 Å². The van der Waals surface area contributed by atoms with E-state index in [1.807, 2.05) is 6.92 Å². The molecule has 0 fully saturated rings. The van der Waals surface area contributed by atoms with Crippen molar-refractivity contribution in [3.8, 4) is 0 Å². The zero-order valence-electron chi connectivity index (χ0n) is 8.23. The van der Waals surface area contributed by atoms with Gasteiger partial charge in [0.2, 0.25) is 0 Å². The first-order valence-corrected chi connectivity index (χ1v) is 4.56. The maximum atomic E-state index is 12.4. The lowest BCUT2D eigenvalue weighted by molar-refractivity contribution is -0.144. The van der Waals surface area contributed by atoms with Crippen molar-refractivity contribution in [1.82, 2.24) is 9.78 Å². The van der Waals surface area contributed by atoms with E-state index in [2.05, 4.69) is 5.10 Å². The minimum atomic E-state index is -4.30. The van der Waals surface area contributed by atoms with E-state index in [-0.39, 0.29) is 0 Å². The summed E-state index contributed by atoms with van der Waals surface area (Å²) in [5.41, 5.74) is -0.239. The summed E-state index contributed by atoms with van der Waals surface area (Å²) in [5.74, 6) is 0. The van der Waals surface area contributed by atoms with Crippen molar-refractivity contribution in [3.63, 3.8) is 0 Å². The van der Waals surface area contributed by atoms with Gasteiger partial charge in [-0.1, -0.05) is 13.3 Å². The standard InChI is InChI=1S/C9H13F3N2/c1-3-4-5-14-8(9(10,11)12)6-7(2)13-14/h6H,3-5H2,1-2H3. The second-order valence-corrected chi connectivity index (χ2v) is 3.25. The Bertz CT molecular complexity index is 301. The maximum Gasteiger partial charge on any atom is 0.433 e.